The van der Waals surface area contributed by atoms with Gasteiger partial charge in [0, 0.05) is 0 Å². The van der Waals surface area contributed by atoms with Crippen LogP contribution in [0.25, 0.3) is 0 Å². The second kappa shape index (κ2) is 16.9. The Kier molecular flexibility index (Phi) is 12.7. The molecule has 4 aromatic rings. The molecule has 0 atom stereocenters. The van der Waals surface area contributed by atoms with E-state index in [9.17, 15) is 0 Å². The van der Waals surface area contributed by atoms with Crippen molar-refractivity contribution in [3.63, 3.8) is 0 Å². The minimum Gasteiger partial charge on any atom is -0.491 e. The lowest BCUT2D eigenvalue weighted by Crippen LogP contribution is -2.09. The maximum Gasteiger partial charge on any atom is 0.203 e. The Morgan fingerprint density at radius 2 is 0.689 bits per heavy atom. The first-order chi connectivity index (χ1) is 22.1. The predicted molar refractivity (Wildman–Crippen MR) is 191 cm³/mol. The van der Waals surface area contributed by atoms with Crippen molar-refractivity contribution in [1.29, 1.82) is 0 Å². The van der Waals surface area contributed by atoms with Gasteiger partial charge in [0.2, 0.25) is 9.79 Å². The molecule has 8 bridgehead atoms. The summed E-state index contributed by atoms with van der Waals surface area (Å²) in [5.41, 5.74) is 0. The summed E-state index contributed by atoms with van der Waals surface area (Å²) >= 11 is 5.14. The van der Waals surface area contributed by atoms with Gasteiger partial charge in [-0.15, -0.1) is 0 Å². The van der Waals surface area contributed by atoms with Crippen molar-refractivity contribution in [3.05, 3.63) is 72.8 Å². The Labute approximate surface area is 284 Å². The summed E-state index contributed by atoms with van der Waals surface area (Å²) < 4.78 is 26.2. The van der Waals surface area contributed by atoms with Crippen molar-refractivity contribution >= 4 is 46.2 Å². The smallest absolute Gasteiger partial charge is 0.203 e. The van der Waals surface area contributed by atoms with Gasteiger partial charge < -0.3 is 18.9 Å². The Bertz CT molecular complexity index is 1460. The van der Waals surface area contributed by atoms with Crippen LogP contribution in [0, 0.1) is 0 Å². The van der Waals surface area contributed by atoms with E-state index in [-0.39, 0.29) is 10.9 Å². The molecule has 1 heterocycles. The minimum atomic E-state index is -0.320. The van der Waals surface area contributed by atoms with Crippen LogP contribution < -0.4 is 18.9 Å². The third-order valence-corrected chi connectivity index (χ3v) is 12.1. The number of rotatable bonds is 12. The number of hydrogen-bond donors (Lipinski definition) is 0. The molecule has 0 unspecified atom stereocenters. The van der Waals surface area contributed by atoms with Crippen LogP contribution in [0.5, 0.6) is 23.0 Å². The first kappa shape index (κ1) is 33.8. The zero-order chi connectivity index (χ0) is 31.6. The van der Waals surface area contributed by atoms with Crippen molar-refractivity contribution in [3.8, 4) is 23.0 Å². The van der Waals surface area contributed by atoms with Gasteiger partial charge in [0.05, 0.1) is 66.7 Å². The second-order valence-electron chi connectivity index (χ2n) is 10.5. The summed E-state index contributed by atoms with van der Waals surface area (Å²) in [4.78, 5) is 8.83. The zero-order valence-corrected chi connectivity index (χ0v) is 30.1. The van der Waals surface area contributed by atoms with E-state index >= 15 is 0 Å². The molecular weight excluding hydrogens is 637 g/mol. The Balaban J connectivity index is 1.77. The SMILES string of the molecule is CCCOc1c2cccc1Sc1cccc(c1OCCC)[S+](C)c1cccc(c1OCCC)Sc1cccc(c1OCCC)S2. The van der Waals surface area contributed by atoms with E-state index in [1.54, 1.807) is 35.3 Å². The molecule has 1 aliphatic heterocycles. The van der Waals surface area contributed by atoms with Crippen LogP contribution in [-0.4, -0.2) is 32.7 Å². The Hall–Kier alpha value is -2.52. The molecule has 4 aromatic carbocycles. The van der Waals surface area contributed by atoms with Crippen LogP contribution in [0.1, 0.15) is 53.4 Å². The largest absolute Gasteiger partial charge is 0.491 e. The molecule has 1 aliphatic rings. The molecular formula is C37H43O4S4+. The van der Waals surface area contributed by atoms with E-state index in [2.05, 4.69) is 107 Å². The molecule has 0 spiro atoms. The molecule has 0 N–H and O–H groups in total. The number of benzene rings is 4. The molecule has 0 saturated carbocycles. The van der Waals surface area contributed by atoms with E-state index in [0.29, 0.717) is 26.4 Å². The summed E-state index contributed by atoms with van der Waals surface area (Å²) in [6.07, 6.45) is 6.02. The molecule has 0 aromatic heterocycles. The fourth-order valence-electron chi connectivity index (χ4n) is 4.81. The molecule has 45 heavy (non-hydrogen) atoms. The monoisotopic (exact) mass is 679 g/mol. The number of para-hydroxylation sites is 4. The van der Waals surface area contributed by atoms with Gasteiger partial charge >= 0.3 is 0 Å². The first-order valence-electron chi connectivity index (χ1n) is 15.8. The van der Waals surface area contributed by atoms with Crippen LogP contribution in [-0.2, 0) is 10.9 Å². The van der Waals surface area contributed by atoms with Gasteiger partial charge in [-0.2, -0.15) is 0 Å². The standard InChI is InChI=1S/C37H43O4S4/c1-6-22-38-34-26-14-10-16-28(34)43-30-18-12-20-32(36(30)40-24-8-3)45(5)33-21-13-19-31(37(33)41-25-9-4)44-29-17-11-15-27(42-26)35(29)39-23-7-2/h10-21H,6-9,22-25H2,1-5H3/q+1. The minimum absolute atomic E-state index is 0.320. The van der Waals surface area contributed by atoms with Crippen LogP contribution in [0.4, 0.5) is 0 Å². The lowest BCUT2D eigenvalue weighted by atomic mass is 10.3. The third kappa shape index (κ3) is 8.07. The average Bonchev–Trinajstić information content (AvgIpc) is 3.05. The average molecular weight is 680 g/mol. The molecule has 5 rings (SSSR count). The predicted octanol–water partition coefficient (Wildman–Crippen LogP) is 11.3. The summed E-state index contributed by atoms with van der Waals surface area (Å²) in [6, 6.07) is 26.0. The molecule has 0 aliphatic carbocycles. The number of fused-ring (bicyclic) bond motifs is 8. The summed E-state index contributed by atoms with van der Waals surface area (Å²) in [5, 5.41) is 0. The quantitative estimate of drug-likeness (QED) is 0.138. The topological polar surface area (TPSA) is 36.9 Å². The van der Waals surface area contributed by atoms with Crippen LogP contribution in [0.2, 0.25) is 0 Å². The Morgan fingerprint density at radius 3 is 1.00 bits per heavy atom. The highest BCUT2D eigenvalue weighted by Crippen LogP contribution is 2.52. The van der Waals surface area contributed by atoms with Crippen molar-refractivity contribution in [1.82, 2.24) is 0 Å². The molecule has 8 heteroatoms. The first-order valence-corrected chi connectivity index (χ1v) is 19.9. The highest BCUT2D eigenvalue weighted by molar-refractivity contribution is 8.01. The van der Waals surface area contributed by atoms with E-state index < -0.39 is 0 Å². The zero-order valence-electron chi connectivity index (χ0n) is 26.9. The maximum absolute atomic E-state index is 6.58. The van der Waals surface area contributed by atoms with Crippen molar-refractivity contribution in [2.75, 3.05) is 32.7 Å². The maximum atomic E-state index is 6.58. The fraction of sp³-hybridized carbons (Fsp3) is 0.351. The normalized spacial score (nSPS) is 12.9. The van der Waals surface area contributed by atoms with Gasteiger partial charge in [-0.1, -0.05) is 87.2 Å². The van der Waals surface area contributed by atoms with Crippen molar-refractivity contribution in [2.45, 2.75) is 92.5 Å². The van der Waals surface area contributed by atoms with Crippen LogP contribution in [0.3, 0.4) is 0 Å². The van der Waals surface area contributed by atoms with E-state index in [1.807, 2.05) is 0 Å². The lowest BCUT2D eigenvalue weighted by molar-refractivity contribution is 0.299. The number of ether oxygens (including phenoxy) is 4. The molecule has 0 radical (unpaired) electrons. The van der Waals surface area contributed by atoms with Crippen molar-refractivity contribution in [2.24, 2.45) is 0 Å². The van der Waals surface area contributed by atoms with Gasteiger partial charge in [0.25, 0.3) is 0 Å². The van der Waals surface area contributed by atoms with E-state index in [0.717, 1.165) is 78.1 Å². The molecule has 238 valence electrons. The van der Waals surface area contributed by atoms with Crippen LogP contribution in [0.15, 0.2) is 112 Å². The van der Waals surface area contributed by atoms with Crippen LogP contribution >= 0.6 is 35.3 Å². The van der Waals surface area contributed by atoms with Gasteiger partial charge in [-0.05, 0) is 74.2 Å². The molecule has 0 amide bonds. The molecule has 0 fully saturated rings. The van der Waals surface area contributed by atoms with E-state index in [1.165, 1.54) is 9.79 Å². The Morgan fingerprint density at radius 1 is 0.422 bits per heavy atom. The summed E-state index contributed by atoms with van der Waals surface area (Å²) in [5.74, 6) is 3.70. The summed E-state index contributed by atoms with van der Waals surface area (Å²) in [6.45, 7) is 11.2. The third-order valence-electron chi connectivity index (χ3n) is 6.89. The second-order valence-corrected chi connectivity index (χ2v) is 15.7. The highest BCUT2D eigenvalue weighted by atomic mass is 32.2. The van der Waals surface area contributed by atoms with Gasteiger partial charge in [-0.3, -0.25) is 0 Å². The molecule has 0 saturated heterocycles. The fourth-order valence-corrected chi connectivity index (χ4v) is 9.92. The van der Waals surface area contributed by atoms with Crippen molar-refractivity contribution < 1.29 is 18.9 Å². The lowest BCUT2D eigenvalue weighted by Gasteiger charge is -2.21. The van der Waals surface area contributed by atoms with Gasteiger partial charge in [-0.25, -0.2) is 0 Å². The summed E-state index contributed by atoms with van der Waals surface area (Å²) in [7, 11) is -0.320. The highest BCUT2D eigenvalue weighted by Gasteiger charge is 2.32. The number of hydrogen-bond acceptors (Lipinski definition) is 7. The van der Waals surface area contributed by atoms with E-state index in [4.69, 9.17) is 18.9 Å². The van der Waals surface area contributed by atoms with Gasteiger partial charge in [0.15, 0.2) is 11.5 Å². The van der Waals surface area contributed by atoms with Gasteiger partial charge in [0.1, 0.15) is 17.8 Å². The molecule has 4 nitrogen and oxygen atoms in total.